The fourth-order valence-electron chi connectivity index (χ4n) is 6.62. The Morgan fingerprint density at radius 2 is 1.54 bits per heavy atom. The Balaban J connectivity index is 0.930. The van der Waals surface area contributed by atoms with E-state index in [9.17, 15) is 4.79 Å². The number of methoxy groups -OCH3 is 2. The zero-order chi connectivity index (χ0) is 35.4. The summed E-state index contributed by atoms with van der Waals surface area (Å²) in [4.78, 5) is 27.2. The van der Waals surface area contributed by atoms with Gasteiger partial charge in [-0.3, -0.25) is 13.9 Å². The molecule has 2 atom stereocenters. The number of ether oxygens (including phenoxy) is 2. The van der Waals surface area contributed by atoms with E-state index in [0.717, 1.165) is 64.8 Å². The van der Waals surface area contributed by atoms with Gasteiger partial charge in [0.05, 0.1) is 39.2 Å². The molecule has 52 heavy (non-hydrogen) atoms. The number of nitrogens with zero attached hydrogens (tertiary/aromatic N) is 9. The molecule has 1 saturated carbocycles. The first-order chi connectivity index (χ1) is 25.5. The Bertz CT molecular complexity index is 2350. The van der Waals surface area contributed by atoms with Crippen LogP contribution in [0.1, 0.15) is 30.4 Å². The third-order valence-corrected chi connectivity index (χ3v) is 9.34. The third-order valence-electron chi connectivity index (χ3n) is 9.34. The van der Waals surface area contributed by atoms with Gasteiger partial charge in [-0.25, -0.2) is 19.6 Å². The molecule has 2 N–H and O–H groups in total. The smallest absolute Gasteiger partial charge is 0.255 e. The maximum Gasteiger partial charge on any atom is 0.255 e. The molecule has 0 saturated heterocycles. The van der Waals surface area contributed by atoms with Crippen LogP contribution in [0.3, 0.4) is 0 Å². The van der Waals surface area contributed by atoms with Crippen molar-refractivity contribution in [1.29, 1.82) is 0 Å². The van der Waals surface area contributed by atoms with Crippen molar-refractivity contribution < 1.29 is 9.47 Å². The first-order valence-corrected chi connectivity index (χ1v) is 17.1. The largest absolute Gasteiger partial charge is 0.497 e. The Labute approximate surface area is 299 Å². The summed E-state index contributed by atoms with van der Waals surface area (Å²) >= 11 is 0. The van der Waals surface area contributed by atoms with Crippen LogP contribution in [0.4, 0.5) is 11.8 Å². The quantitative estimate of drug-likeness (QED) is 0.174. The monoisotopic (exact) mass is 695 g/mol. The van der Waals surface area contributed by atoms with Crippen LogP contribution in [0.15, 0.2) is 108 Å². The van der Waals surface area contributed by atoms with Crippen LogP contribution < -0.4 is 25.7 Å². The summed E-state index contributed by atoms with van der Waals surface area (Å²) < 4.78 is 16.0. The molecule has 0 bridgehead atoms. The highest BCUT2D eigenvalue weighted by Gasteiger charge is 2.27. The van der Waals surface area contributed by atoms with Gasteiger partial charge in [0, 0.05) is 36.1 Å². The molecule has 1 fully saturated rings. The summed E-state index contributed by atoms with van der Waals surface area (Å²) in [7, 11) is 3.30. The molecule has 1 aliphatic rings. The molecule has 8 rings (SSSR count). The minimum Gasteiger partial charge on any atom is -0.497 e. The van der Waals surface area contributed by atoms with Crippen LogP contribution in [-0.2, 0) is 13.1 Å². The Hall–Kier alpha value is -6.57. The number of anilines is 2. The van der Waals surface area contributed by atoms with E-state index in [2.05, 4.69) is 52.8 Å². The van der Waals surface area contributed by atoms with Gasteiger partial charge in [-0.05, 0) is 95.4 Å². The number of rotatable bonds is 12. The highest BCUT2D eigenvalue weighted by molar-refractivity contribution is 5.74. The van der Waals surface area contributed by atoms with Crippen molar-refractivity contribution in [3.63, 3.8) is 0 Å². The van der Waals surface area contributed by atoms with Crippen molar-refractivity contribution in [3.05, 3.63) is 125 Å². The molecule has 0 spiro atoms. The van der Waals surface area contributed by atoms with Gasteiger partial charge in [0.1, 0.15) is 22.8 Å². The molecule has 2 aromatic carbocycles. The Kier molecular flexibility index (Phi) is 9.00. The van der Waals surface area contributed by atoms with E-state index in [1.165, 1.54) is 6.07 Å². The minimum atomic E-state index is -0.182. The lowest BCUT2D eigenvalue weighted by Crippen LogP contribution is -2.23. The van der Waals surface area contributed by atoms with Crippen molar-refractivity contribution in [1.82, 2.24) is 44.3 Å². The number of hydrogen-bond acceptors (Lipinski definition) is 11. The van der Waals surface area contributed by atoms with Gasteiger partial charge in [-0.2, -0.15) is 0 Å². The molecule has 0 aliphatic heterocycles. The third kappa shape index (κ3) is 6.90. The lowest BCUT2D eigenvalue weighted by Gasteiger charge is -2.17. The maximum absolute atomic E-state index is 13.0. The van der Waals surface area contributed by atoms with Crippen molar-refractivity contribution >= 4 is 22.9 Å². The number of pyridine rings is 3. The maximum atomic E-state index is 13.0. The first-order valence-electron chi connectivity index (χ1n) is 17.1. The lowest BCUT2D eigenvalue weighted by atomic mass is 10.2. The van der Waals surface area contributed by atoms with Crippen LogP contribution in [-0.4, -0.2) is 70.6 Å². The Morgan fingerprint density at radius 3 is 2.25 bits per heavy atom. The van der Waals surface area contributed by atoms with Crippen LogP contribution in [0.2, 0.25) is 0 Å². The fourth-order valence-corrected chi connectivity index (χ4v) is 6.62. The molecule has 5 heterocycles. The van der Waals surface area contributed by atoms with E-state index in [0.29, 0.717) is 30.2 Å². The average molecular weight is 696 g/mol. The number of fused-ring (bicyclic) bond motifs is 1. The van der Waals surface area contributed by atoms with Crippen molar-refractivity contribution in [3.8, 4) is 28.6 Å². The standard InChI is InChI=1S/C38H37N11O3/c1-51-31-13-5-25(6-14-31)22-48-37-33(4-3-19-39-37)43-38(48)42-29-11-10-28(20-29)41-34-17-12-30(21-40-34)47-24-27(9-18-35(47)50)36-44-45-46-49(36)23-26-7-15-32(52-2)16-8-26/h3-9,12-19,21,24,28-29H,10-11,20,22-23H2,1-2H3,(H,40,41)(H,42,43)/t28-,29-/m0/s1. The van der Waals surface area contributed by atoms with Crippen molar-refractivity contribution in [2.75, 3.05) is 24.9 Å². The van der Waals surface area contributed by atoms with Gasteiger partial charge in [0.2, 0.25) is 5.95 Å². The van der Waals surface area contributed by atoms with Gasteiger partial charge >= 0.3 is 0 Å². The molecule has 0 amide bonds. The predicted octanol–water partition coefficient (Wildman–Crippen LogP) is 5.19. The van der Waals surface area contributed by atoms with Crippen LogP contribution in [0, 0.1) is 0 Å². The fraction of sp³-hybridized carbons (Fsp3) is 0.237. The summed E-state index contributed by atoms with van der Waals surface area (Å²) in [5, 5.41) is 19.6. The molecular weight excluding hydrogens is 658 g/mol. The summed E-state index contributed by atoms with van der Waals surface area (Å²) in [5.41, 5.74) is 5.01. The summed E-state index contributed by atoms with van der Waals surface area (Å²) in [6.45, 7) is 1.10. The number of aromatic nitrogens is 9. The molecule has 7 aromatic rings. The Morgan fingerprint density at radius 1 is 0.808 bits per heavy atom. The van der Waals surface area contributed by atoms with Crippen molar-refractivity contribution in [2.45, 2.75) is 44.4 Å². The molecule has 0 radical (unpaired) electrons. The van der Waals surface area contributed by atoms with E-state index in [4.69, 9.17) is 14.5 Å². The van der Waals surface area contributed by atoms with E-state index < -0.39 is 0 Å². The van der Waals surface area contributed by atoms with Gasteiger partial charge in [-0.15, -0.1) is 5.10 Å². The minimum absolute atomic E-state index is 0.182. The van der Waals surface area contributed by atoms with Crippen LogP contribution in [0.5, 0.6) is 11.5 Å². The van der Waals surface area contributed by atoms with Gasteiger partial charge < -0.3 is 20.1 Å². The summed E-state index contributed by atoms with van der Waals surface area (Å²) in [5.74, 6) is 3.70. The summed E-state index contributed by atoms with van der Waals surface area (Å²) in [6.07, 6.45) is 8.10. The van der Waals surface area contributed by atoms with Gasteiger partial charge in [0.15, 0.2) is 11.5 Å². The first kappa shape index (κ1) is 32.6. The number of nitrogens with one attached hydrogen (secondary N) is 2. The van der Waals surface area contributed by atoms with E-state index in [1.807, 2.05) is 60.7 Å². The predicted molar refractivity (Wildman–Crippen MR) is 197 cm³/mol. The van der Waals surface area contributed by atoms with Crippen LogP contribution >= 0.6 is 0 Å². The number of imidazole rings is 1. The van der Waals surface area contributed by atoms with Crippen molar-refractivity contribution in [2.24, 2.45) is 0 Å². The second-order valence-electron chi connectivity index (χ2n) is 12.7. The number of tetrazole rings is 1. The average Bonchev–Trinajstić information content (AvgIpc) is 3.92. The molecular formula is C38H37N11O3. The van der Waals surface area contributed by atoms with Gasteiger partial charge in [-0.1, -0.05) is 24.3 Å². The van der Waals surface area contributed by atoms with Gasteiger partial charge in [0.25, 0.3) is 5.56 Å². The highest BCUT2D eigenvalue weighted by Crippen LogP contribution is 2.28. The molecule has 5 aromatic heterocycles. The molecule has 14 heteroatoms. The molecule has 1 aliphatic carbocycles. The second kappa shape index (κ2) is 14.3. The number of benzene rings is 2. The highest BCUT2D eigenvalue weighted by atomic mass is 16.5. The number of hydrogen-bond donors (Lipinski definition) is 2. The molecule has 14 nitrogen and oxygen atoms in total. The topological polar surface area (TPSA) is 152 Å². The molecule has 262 valence electrons. The second-order valence-corrected chi connectivity index (χ2v) is 12.7. The zero-order valence-corrected chi connectivity index (χ0v) is 28.8. The van der Waals surface area contributed by atoms with E-state index in [1.54, 1.807) is 48.1 Å². The van der Waals surface area contributed by atoms with E-state index in [-0.39, 0.29) is 17.6 Å². The SMILES string of the molecule is COc1ccc(Cn2nnnc2-c2ccc(=O)n(-c3ccc(N[C@H]4CC[C@H](Nc5nc6cccnc6n5Cc5ccc(OC)cc5)C4)nc3)c2)cc1. The normalized spacial score (nSPS) is 15.5. The lowest BCUT2D eigenvalue weighted by molar-refractivity contribution is 0.414. The molecule has 0 unspecified atom stereocenters. The summed E-state index contributed by atoms with van der Waals surface area (Å²) in [6, 6.07) is 27.2. The van der Waals surface area contributed by atoms with Crippen LogP contribution in [0.25, 0.3) is 28.2 Å². The zero-order valence-electron chi connectivity index (χ0n) is 28.8. The van der Waals surface area contributed by atoms with E-state index >= 15 is 0 Å².